The lowest BCUT2D eigenvalue weighted by Crippen LogP contribution is -2.28. The first-order valence-corrected chi connectivity index (χ1v) is 9.74. The number of carbonyl (C=O) groups is 2. The summed E-state index contributed by atoms with van der Waals surface area (Å²) >= 11 is 0. The maximum absolute atomic E-state index is 13.0. The molecule has 0 saturated heterocycles. The first kappa shape index (κ1) is 21.1. The Hall–Kier alpha value is -3.60. The molecule has 3 rings (SSSR count). The minimum Gasteiger partial charge on any atom is -0.482 e. The fourth-order valence-electron chi connectivity index (χ4n) is 2.98. The number of benzene rings is 3. The minimum absolute atomic E-state index is 0.288. The largest absolute Gasteiger partial charge is 0.482 e. The van der Waals surface area contributed by atoms with Crippen LogP contribution in [-0.2, 0) is 14.3 Å². The van der Waals surface area contributed by atoms with Gasteiger partial charge in [0.05, 0.1) is 0 Å². The molecular weight excluding hydrogens is 378 g/mol. The third kappa shape index (κ3) is 5.70. The standard InChI is InChI=1S/C25H25NO4/c1-17-8-7-11-21(14-17)29-16-23(27)30-24(20-9-5-4-6-10-20)25(28)26-22-15-18(2)12-13-19(22)3/h4-15,24H,16H2,1-3H3,(H,26,28)/t24-/m0/s1. The van der Waals surface area contributed by atoms with Gasteiger partial charge in [0.1, 0.15) is 5.75 Å². The second-order valence-corrected chi connectivity index (χ2v) is 7.19. The molecule has 0 aliphatic heterocycles. The van der Waals surface area contributed by atoms with E-state index in [9.17, 15) is 9.59 Å². The molecule has 0 radical (unpaired) electrons. The summed E-state index contributed by atoms with van der Waals surface area (Å²) in [5.41, 5.74) is 4.25. The van der Waals surface area contributed by atoms with Crippen LogP contribution in [0.1, 0.15) is 28.4 Å². The maximum Gasteiger partial charge on any atom is 0.345 e. The van der Waals surface area contributed by atoms with Crippen LogP contribution in [0.4, 0.5) is 5.69 Å². The van der Waals surface area contributed by atoms with Gasteiger partial charge in [0.15, 0.2) is 6.61 Å². The number of esters is 1. The molecule has 0 unspecified atom stereocenters. The summed E-state index contributed by atoms with van der Waals surface area (Å²) < 4.78 is 11.0. The fraction of sp³-hybridized carbons (Fsp3) is 0.200. The topological polar surface area (TPSA) is 64.6 Å². The van der Waals surface area contributed by atoms with Crippen molar-refractivity contribution in [3.63, 3.8) is 0 Å². The number of aryl methyl sites for hydroxylation is 3. The van der Waals surface area contributed by atoms with Crippen molar-refractivity contribution in [3.05, 3.63) is 95.1 Å². The zero-order valence-corrected chi connectivity index (χ0v) is 17.3. The summed E-state index contributed by atoms with van der Waals surface area (Å²) in [6.07, 6.45) is -1.08. The molecule has 0 bridgehead atoms. The highest BCUT2D eigenvalue weighted by Gasteiger charge is 2.25. The number of amides is 1. The Kier molecular flexibility index (Phi) is 6.86. The molecule has 154 valence electrons. The van der Waals surface area contributed by atoms with Gasteiger partial charge in [-0.2, -0.15) is 0 Å². The number of hydrogen-bond donors (Lipinski definition) is 1. The van der Waals surface area contributed by atoms with E-state index in [2.05, 4.69) is 5.32 Å². The van der Waals surface area contributed by atoms with Crippen molar-refractivity contribution < 1.29 is 19.1 Å². The highest BCUT2D eigenvalue weighted by Crippen LogP contribution is 2.23. The molecule has 0 aromatic heterocycles. The van der Waals surface area contributed by atoms with Gasteiger partial charge < -0.3 is 14.8 Å². The van der Waals surface area contributed by atoms with E-state index in [1.807, 2.05) is 63.2 Å². The van der Waals surface area contributed by atoms with Gasteiger partial charge in [-0.05, 0) is 55.7 Å². The average molecular weight is 403 g/mol. The molecule has 5 nitrogen and oxygen atoms in total. The summed E-state index contributed by atoms with van der Waals surface area (Å²) in [6.45, 7) is 5.51. The fourth-order valence-corrected chi connectivity index (χ4v) is 2.98. The molecule has 5 heteroatoms. The molecule has 30 heavy (non-hydrogen) atoms. The number of nitrogens with one attached hydrogen (secondary N) is 1. The van der Waals surface area contributed by atoms with E-state index in [0.717, 1.165) is 16.7 Å². The lowest BCUT2D eigenvalue weighted by Gasteiger charge is -2.19. The average Bonchev–Trinajstić information content (AvgIpc) is 2.74. The molecule has 1 N–H and O–H groups in total. The summed E-state index contributed by atoms with van der Waals surface area (Å²) in [6, 6.07) is 22.1. The van der Waals surface area contributed by atoms with E-state index in [0.29, 0.717) is 17.0 Å². The van der Waals surface area contributed by atoms with Crippen molar-refractivity contribution in [2.75, 3.05) is 11.9 Å². The molecule has 0 heterocycles. The molecule has 0 aliphatic rings. The van der Waals surface area contributed by atoms with Crippen LogP contribution in [0.5, 0.6) is 5.75 Å². The Morgan fingerprint density at radius 2 is 1.60 bits per heavy atom. The quantitative estimate of drug-likeness (QED) is 0.569. The predicted octanol–water partition coefficient (Wildman–Crippen LogP) is 4.91. The SMILES string of the molecule is Cc1cccc(OCC(=O)O[C@H](C(=O)Nc2cc(C)ccc2C)c2ccccc2)c1. The first-order valence-electron chi connectivity index (χ1n) is 9.74. The minimum atomic E-state index is -1.08. The van der Waals surface area contributed by atoms with Crippen LogP contribution in [0.15, 0.2) is 72.8 Å². The molecule has 1 amide bonds. The van der Waals surface area contributed by atoms with Gasteiger partial charge in [0, 0.05) is 11.3 Å². The van der Waals surface area contributed by atoms with E-state index in [1.165, 1.54) is 0 Å². The molecule has 0 aliphatic carbocycles. The highest BCUT2D eigenvalue weighted by molar-refractivity contribution is 5.96. The summed E-state index contributed by atoms with van der Waals surface area (Å²) in [5.74, 6) is -0.469. The van der Waals surface area contributed by atoms with Gasteiger partial charge in [0.25, 0.3) is 5.91 Å². The Balaban J connectivity index is 1.73. The van der Waals surface area contributed by atoms with Crippen molar-refractivity contribution in [2.45, 2.75) is 26.9 Å². The maximum atomic E-state index is 13.0. The van der Waals surface area contributed by atoms with Crippen molar-refractivity contribution in [2.24, 2.45) is 0 Å². The van der Waals surface area contributed by atoms with Crippen LogP contribution in [0.2, 0.25) is 0 Å². The number of ether oxygens (including phenoxy) is 2. The van der Waals surface area contributed by atoms with Crippen LogP contribution in [0, 0.1) is 20.8 Å². The number of rotatable bonds is 7. The Bertz CT molecular complexity index is 1030. The van der Waals surface area contributed by atoms with E-state index in [-0.39, 0.29) is 6.61 Å². The third-order valence-corrected chi connectivity index (χ3v) is 4.59. The zero-order valence-electron chi connectivity index (χ0n) is 17.3. The molecular formula is C25H25NO4. The van der Waals surface area contributed by atoms with Crippen molar-refractivity contribution in [1.29, 1.82) is 0 Å². The summed E-state index contributed by atoms with van der Waals surface area (Å²) in [4.78, 5) is 25.4. The molecule has 0 spiro atoms. The lowest BCUT2D eigenvalue weighted by atomic mass is 10.1. The van der Waals surface area contributed by atoms with E-state index in [4.69, 9.17) is 9.47 Å². The van der Waals surface area contributed by atoms with E-state index in [1.54, 1.807) is 30.3 Å². The summed E-state index contributed by atoms with van der Waals surface area (Å²) in [7, 11) is 0. The van der Waals surface area contributed by atoms with Crippen LogP contribution < -0.4 is 10.1 Å². The Labute approximate surface area is 176 Å². The van der Waals surface area contributed by atoms with Gasteiger partial charge in [0.2, 0.25) is 6.10 Å². The second kappa shape index (κ2) is 9.74. The van der Waals surface area contributed by atoms with Crippen molar-refractivity contribution >= 4 is 17.6 Å². The van der Waals surface area contributed by atoms with Crippen LogP contribution in [0.25, 0.3) is 0 Å². The van der Waals surface area contributed by atoms with Crippen LogP contribution in [-0.4, -0.2) is 18.5 Å². The Morgan fingerprint density at radius 1 is 0.867 bits per heavy atom. The van der Waals surface area contributed by atoms with Gasteiger partial charge in [-0.3, -0.25) is 4.79 Å². The summed E-state index contributed by atoms with van der Waals surface area (Å²) in [5, 5.41) is 2.88. The van der Waals surface area contributed by atoms with Crippen LogP contribution >= 0.6 is 0 Å². The molecule has 3 aromatic rings. The lowest BCUT2D eigenvalue weighted by molar-refractivity contribution is -0.156. The Morgan fingerprint density at radius 3 is 2.33 bits per heavy atom. The van der Waals surface area contributed by atoms with Crippen molar-refractivity contribution in [3.8, 4) is 5.75 Å². The van der Waals surface area contributed by atoms with E-state index >= 15 is 0 Å². The number of anilines is 1. The third-order valence-electron chi connectivity index (χ3n) is 4.59. The van der Waals surface area contributed by atoms with E-state index < -0.39 is 18.0 Å². The van der Waals surface area contributed by atoms with Gasteiger partial charge >= 0.3 is 5.97 Å². The first-order chi connectivity index (χ1) is 14.4. The monoisotopic (exact) mass is 403 g/mol. The number of hydrogen-bond acceptors (Lipinski definition) is 4. The van der Waals surface area contributed by atoms with Gasteiger partial charge in [-0.1, -0.05) is 54.6 Å². The van der Waals surface area contributed by atoms with Crippen LogP contribution in [0.3, 0.4) is 0 Å². The molecule has 0 saturated carbocycles. The molecule has 1 atom stereocenters. The van der Waals surface area contributed by atoms with Crippen molar-refractivity contribution in [1.82, 2.24) is 0 Å². The van der Waals surface area contributed by atoms with Gasteiger partial charge in [-0.25, -0.2) is 4.79 Å². The molecule has 0 fully saturated rings. The zero-order chi connectivity index (χ0) is 21.5. The normalized spacial score (nSPS) is 11.4. The smallest absolute Gasteiger partial charge is 0.345 e. The molecule has 3 aromatic carbocycles. The number of carbonyl (C=O) groups excluding carboxylic acids is 2. The highest BCUT2D eigenvalue weighted by atomic mass is 16.6. The second-order valence-electron chi connectivity index (χ2n) is 7.19. The predicted molar refractivity (Wildman–Crippen MR) is 116 cm³/mol. The van der Waals surface area contributed by atoms with Gasteiger partial charge in [-0.15, -0.1) is 0 Å².